The lowest BCUT2D eigenvalue weighted by Gasteiger charge is -2.12. The Morgan fingerprint density at radius 2 is 0.836 bits per heavy atom. The van der Waals surface area contributed by atoms with Crippen LogP contribution in [0.1, 0.15) is 100 Å². The first kappa shape index (κ1) is 91.9. The number of carbonyl (C=O) groups is 2. The third-order valence-corrected chi connectivity index (χ3v) is 22.1. The van der Waals surface area contributed by atoms with E-state index in [1.807, 2.05) is 37.3 Å². The number of hydrogen-bond donors (Lipinski definition) is 5. The molecule has 15 rings (SSSR count). The molecule has 0 aliphatic carbocycles. The Morgan fingerprint density at radius 1 is 0.434 bits per heavy atom. The molecule has 0 aliphatic rings. The molecule has 0 saturated carbocycles. The van der Waals surface area contributed by atoms with Crippen LogP contribution in [0.2, 0.25) is 0 Å². The first-order valence-electron chi connectivity index (χ1n) is 37.9. The summed E-state index contributed by atoms with van der Waals surface area (Å²) in [5.41, 5.74) is 14.7. The molecule has 6 heterocycles. The average molecular weight is 1720 g/mol. The minimum atomic E-state index is -5.78. The zero-order chi connectivity index (χ0) is 89.2. The van der Waals surface area contributed by atoms with Gasteiger partial charge in [-0.1, -0.05) is 80.1 Å². The van der Waals surface area contributed by atoms with Crippen molar-refractivity contribution in [1.82, 2.24) is 9.97 Å². The van der Waals surface area contributed by atoms with Crippen LogP contribution in [0.5, 0.6) is 23.0 Å². The molecule has 122 heavy (non-hydrogen) atoms. The molecule has 5 N–H and O–H groups in total. The van der Waals surface area contributed by atoms with E-state index in [9.17, 15) is 82.7 Å². The third kappa shape index (κ3) is 21.9. The van der Waals surface area contributed by atoms with Crippen molar-refractivity contribution in [3.8, 4) is 56.6 Å². The molecule has 0 amide bonds. The summed E-state index contributed by atoms with van der Waals surface area (Å²) in [5, 5.41) is 60.9. The molecule has 0 spiro atoms. The van der Waals surface area contributed by atoms with Gasteiger partial charge < -0.3 is 56.7 Å². The van der Waals surface area contributed by atoms with E-state index in [4.69, 9.17) is 9.47 Å². The highest BCUT2D eigenvalue weighted by Crippen LogP contribution is 2.39. The molecular formula is C92H89F3N4O20S3. The van der Waals surface area contributed by atoms with Gasteiger partial charge >= 0.3 is 27.6 Å². The van der Waals surface area contributed by atoms with E-state index in [2.05, 4.69) is 189 Å². The molecule has 30 heteroatoms. The normalized spacial score (nSPS) is 11.5. The van der Waals surface area contributed by atoms with E-state index >= 15 is 0 Å². The van der Waals surface area contributed by atoms with Crippen molar-refractivity contribution in [2.45, 2.75) is 121 Å². The van der Waals surface area contributed by atoms with E-state index in [1.54, 1.807) is 63.6 Å². The number of methoxy groups -OCH3 is 2. The van der Waals surface area contributed by atoms with Crippen LogP contribution in [0.3, 0.4) is 0 Å². The molecule has 0 radical (unpaired) electrons. The Hall–Kier alpha value is -12.4. The number of alkyl halides is 3. The van der Waals surface area contributed by atoms with Crippen LogP contribution in [-0.4, -0.2) is 102 Å². The third-order valence-electron chi connectivity index (χ3n) is 20.3. The Kier molecular flexibility index (Phi) is 29.1. The van der Waals surface area contributed by atoms with E-state index in [0.29, 0.717) is 44.6 Å². The van der Waals surface area contributed by atoms with Crippen LogP contribution in [0.25, 0.3) is 109 Å². The lowest BCUT2D eigenvalue weighted by Crippen LogP contribution is -2.28. The molecule has 0 atom stereocenters. The minimum absolute atomic E-state index is 0.112. The molecule has 0 fully saturated rings. The van der Waals surface area contributed by atoms with E-state index in [1.165, 1.54) is 99.4 Å². The summed E-state index contributed by atoms with van der Waals surface area (Å²) < 4.78 is 143. The van der Waals surface area contributed by atoms with Crippen LogP contribution in [0.4, 0.5) is 13.2 Å². The maximum Gasteiger partial charge on any atom is 0.534 e. The number of ether oxygens (including phenoxy) is 2. The van der Waals surface area contributed by atoms with Gasteiger partial charge in [0.15, 0.2) is 23.8 Å². The first-order valence-corrected chi connectivity index (χ1v) is 42.0. The summed E-state index contributed by atoms with van der Waals surface area (Å²) >= 11 is 0. The lowest BCUT2D eigenvalue weighted by atomic mass is 9.97. The average Bonchev–Trinajstić information content (AvgIpc) is 0.745. The highest BCUT2D eigenvalue weighted by molar-refractivity contribution is 7.88. The van der Waals surface area contributed by atoms with Gasteiger partial charge in [-0.2, -0.15) is 30.4 Å². The number of rotatable bonds is 15. The Bertz CT molecular complexity index is 6870. The summed E-state index contributed by atoms with van der Waals surface area (Å²) in [5.74, 6) is -0.653. The SMILES string of the molecule is CC(=O)OS(=O)(=O)[O-].CC(=O)OS(=O)(=O)[O-].CCCc1cc2c(cc[n+]3c(C)c4cc(C)c(C)cc4cc23)cc1OC.COc1cc2cc[n+]3c(C)c4cc(C)c(C)cc4cc3c2cc1-c1ccccc1.Cc1nc(-c2cccc(O)c2)cc2cc(CO)c(CO)cc12.Cc1nc(-c2cccc(OS(=O)(=O)C(F)(F)F)c2)cc2cc(CO)c(CO)cc12. The van der Waals surface area contributed by atoms with Crippen molar-refractivity contribution in [3.05, 3.63) is 273 Å². The largest absolute Gasteiger partial charge is 0.716 e. The second-order valence-corrected chi connectivity index (χ2v) is 32.2. The van der Waals surface area contributed by atoms with Gasteiger partial charge in [0, 0.05) is 102 Å². The van der Waals surface area contributed by atoms with Crippen molar-refractivity contribution in [1.29, 1.82) is 0 Å². The number of aromatic nitrogens is 4. The van der Waals surface area contributed by atoms with Crippen molar-refractivity contribution in [2.24, 2.45) is 0 Å². The molecular weight excluding hydrogens is 1630 g/mol. The monoisotopic (exact) mass is 1720 g/mol. The summed E-state index contributed by atoms with van der Waals surface area (Å²) in [6.07, 6.45) is 6.50. The van der Waals surface area contributed by atoms with Gasteiger partial charge in [0.1, 0.15) is 23.0 Å². The lowest BCUT2D eigenvalue weighted by molar-refractivity contribution is -0.517. The number of carbonyl (C=O) groups excluding carboxylic acids is 2. The molecule has 0 saturated heterocycles. The zero-order valence-corrected chi connectivity index (χ0v) is 71.3. The van der Waals surface area contributed by atoms with Crippen LogP contribution < -0.4 is 22.5 Å². The first-order chi connectivity index (χ1) is 57.6. The molecule has 636 valence electrons. The fourth-order valence-electron chi connectivity index (χ4n) is 14.2. The number of aliphatic hydroxyl groups is 4. The second kappa shape index (κ2) is 38.6. The fraction of sp³-hybridized carbons (Fsp3) is 0.217. The number of hydrogen-bond acceptors (Lipinski definition) is 22. The van der Waals surface area contributed by atoms with Crippen LogP contribution in [0.15, 0.2) is 200 Å². The molecule has 0 bridgehead atoms. The number of halogens is 3. The number of fused-ring (bicyclic) bond motifs is 10. The van der Waals surface area contributed by atoms with Gasteiger partial charge in [-0.15, -0.1) is 0 Å². The second-order valence-electron chi connectivity index (χ2n) is 28.7. The fourth-order valence-corrected chi connectivity index (χ4v) is 15.2. The Morgan fingerprint density at radius 3 is 1.25 bits per heavy atom. The van der Waals surface area contributed by atoms with Gasteiger partial charge in [0.05, 0.1) is 62.8 Å². The van der Waals surface area contributed by atoms with E-state index < -0.39 is 54.1 Å². The minimum Gasteiger partial charge on any atom is -0.716 e. The highest BCUT2D eigenvalue weighted by atomic mass is 32.3. The van der Waals surface area contributed by atoms with Gasteiger partial charge in [-0.25, -0.2) is 16.8 Å². The van der Waals surface area contributed by atoms with E-state index in [-0.39, 0.29) is 32.2 Å². The van der Waals surface area contributed by atoms with Crippen molar-refractivity contribution >= 4 is 119 Å². The van der Waals surface area contributed by atoms with E-state index in [0.717, 1.165) is 94.6 Å². The maximum absolute atomic E-state index is 12.5. The number of phenols is 1. The number of nitrogens with zero attached hydrogens (tertiary/aromatic N) is 4. The Balaban J connectivity index is 0.000000161. The quantitative estimate of drug-likeness (QED) is 0.0121. The van der Waals surface area contributed by atoms with Gasteiger partial charge in [-0.3, -0.25) is 19.6 Å². The standard InChI is InChI=1S/C27H24NO.C24H26NO.C19H16F3NO5S.C18H17NO3.2C2H4O5S/c1-17-12-22-14-26-24-16-25(20-8-6-5-7-9-20)27(29-4)15-21(24)10-11-28(26)19(3)23(22)13-18(17)2;1-6-7-19-12-22-18(14-24(19)26-5)8-9-25-17(4)21-11-16(3)15(2)10-20(21)13-23(22)25;1-11-17-7-15(10-25)14(9-24)5-13(17)8-18(23-11)12-3-2-4-16(6-12)28-29(26,27)19(20,21)22;1-11-17-7-15(10-21)14(9-20)5-13(17)8-18(19-11)12-3-2-4-16(22)6-12;2*1-2(3)7-8(4,5)6/h5-16H,1-4H3;8-14H,6-7H2,1-5H3;2-8,24-25H,9-10H2,1H3;2-8,20-22H,9-10H2,1H3;2*1H3,(H,4,5,6)/q2*+1;;;;/p-2. The van der Waals surface area contributed by atoms with Crippen molar-refractivity contribution in [2.75, 3.05) is 14.2 Å². The zero-order valence-electron chi connectivity index (χ0n) is 68.8. The van der Waals surface area contributed by atoms with Crippen LogP contribution in [-0.2, 0) is 81.7 Å². The number of aliphatic hydroxyl groups excluding tert-OH is 4. The molecule has 0 unspecified atom stereocenters. The smallest absolute Gasteiger partial charge is 0.534 e. The van der Waals surface area contributed by atoms with Crippen molar-refractivity contribution < 1.29 is 113 Å². The number of aryl methyl sites for hydroxylation is 9. The molecule has 15 aromatic rings. The van der Waals surface area contributed by atoms with Gasteiger partial charge in [0.25, 0.3) is 20.8 Å². The summed E-state index contributed by atoms with van der Waals surface area (Å²) in [6, 6.07) is 60.5. The maximum atomic E-state index is 12.5. The number of phenolic OH excluding ortho intramolecular Hbond substituents is 1. The predicted molar refractivity (Wildman–Crippen MR) is 458 cm³/mol. The predicted octanol–water partition coefficient (Wildman–Crippen LogP) is 16.3. The van der Waals surface area contributed by atoms with Gasteiger partial charge in [0.2, 0.25) is 11.0 Å². The molecule has 0 aliphatic heterocycles. The van der Waals surface area contributed by atoms with Crippen LogP contribution >= 0.6 is 0 Å². The van der Waals surface area contributed by atoms with Gasteiger partial charge in [-0.05, 0) is 233 Å². The number of benzene rings is 9. The molecule has 9 aromatic carbocycles. The number of pyridine rings is 6. The topological polar surface area (TPSA) is 364 Å². The summed E-state index contributed by atoms with van der Waals surface area (Å²) in [7, 11) is -11.9. The van der Waals surface area contributed by atoms with Crippen LogP contribution in [0, 0.1) is 55.4 Å². The molecule has 6 aromatic heterocycles. The number of aromatic hydroxyl groups is 1. The summed E-state index contributed by atoms with van der Waals surface area (Å²) in [6.45, 7) is 19.9. The van der Waals surface area contributed by atoms with Crippen molar-refractivity contribution in [3.63, 3.8) is 0 Å². The Labute approximate surface area is 702 Å². The molecule has 24 nitrogen and oxygen atoms in total. The highest BCUT2D eigenvalue weighted by Gasteiger charge is 2.48. The summed E-state index contributed by atoms with van der Waals surface area (Å²) in [4.78, 5) is 28.3.